The van der Waals surface area contributed by atoms with Gasteiger partial charge in [0.25, 0.3) is 5.91 Å². The summed E-state index contributed by atoms with van der Waals surface area (Å²) in [5, 5.41) is 13.4. The van der Waals surface area contributed by atoms with Crippen LogP contribution in [0.5, 0.6) is 0 Å². The summed E-state index contributed by atoms with van der Waals surface area (Å²) in [5.41, 5.74) is 1.41. The van der Waals surface area contributed by atoms with Crippen molar-refractivity contribution in [1.82, 2.24) is 10.3 Å². The monoisotopic (exact) mass is 348 g/mol. The Hall–Kier alpha value is -2.05. The van der Waals surface area contributed by atoms with E-state index in [-0.39, 0.29) is 12.5 Å². The Balaban J connectivity index is 1.76. The van der Waals surface area contributed by atoms with E-state index in [4.69, 9.17) is 4.42 Å². The predicted octanol–water partition coefficient (Wildman–Crippen LogP) is 2.99. The van der Waals surface area contributed by atoms with Crippen molar-refractivity contribution in [1.29, 1.82) is 0 Å². The van der Waals surface area contributed by atoms with Gasteiger partial charge in [0.2, 0.25) is 0 Å². The SMILES string of the molecule is O=C(NCC(O)c1ccco1)c1c[nH]c2cccc(Br)c12. The Kier molecular flexibility index (Phi) is 3.81. The number of hydrogen-bond donors (Lipinski definition) is 3. The smallest absolute Gasteiger partial charge is 0.253 e. The first-order chi connectivity index (χ1) is 10.2. The van der Waals surface area contributed by atoms with Gasteiger partial charge in [0.1, 0.15) is 11.9 Å². The number of benzene rings is 1. The first kappa shape index (κ1) is 13.9. The highest BCUT2D eigenvalue weighted by atomic mass is 79.9. The quantitative estimate of drug-likeness (QED) is 0.678. The second-order valence-corrected chi connectivity index (χ2v) is 5.46. The molecule has 0 bridgehead atoms. The van der Waals surface area contributed by atoms with Crippen LogP contribution in [0.25, 0.3) is 10.9 Å². The van der Waals surface area contributed by atoms with Gasteiger partial charge >= 0.3 is 0 Å². The van der Waals surface area contributed by atoms with E-state index < -0.39 is 6.10 Å². The normalized spacial score (nSPS) is 12.5. The molecule has 3 aromatic rings. The fraction of sp³-hybridized carbons (Fsp3) is 0.133. The van der Waals surface area contributed by atoms with Crippen LogP contribution in [0.3, 0.4) is 0 Å². The highest BCUT2D eigenvalue weighted by Gasteiger charge is 2.16. The molecule has 2 aromatic heterocycles. The fourth-order valence-corrected chi connectivity index (χ4v) is 2.77. The third kappa shape index (κ3) is 2.72. The number of aromatic nitrogens is 1. The van der Waals surface area contributed by atoms with Gasteiger partial charge < -0.3 is 19.8 Å². The van der Waals surface area contributed by atoms with Crippen molar-refractivity contribution < 1.29 is 14.3 Å². The van der Waals surface area contributed by atoms with Crippen LogP contribution in [0, 0.1) is 0 Å². The van der Waals surface area contributed by atoms with E-state index in [9.17, 15) is 9.90 Å². The molecule has 5 nitrogen and oxygen atoms in total. The van der Waals surface area contributed by atoms with Crippen LogP contribution in [0.4, 0.5) is 0 Å². The van der Waals surface area contributed by atoms with Crippen LogP contribution in [0.2, 0.25) is 0 Å². The van der Waals surface area contributed by atoms with Crippen molar-refractivity contribution in [2.75, 3.05) is 6.54 Å². The maximum Gasteiger partial charge on any atom is 0.253 e. The minimum atomic E-state index is -0.863. The predicted molar refractivity (Wildman–Crippen MR) is 82.0 cm³/mol. The molecule has 0 aliphatic rings. The van der Waals surface area contributed by atoms with Gasteiger partial charge in [-0.2, -0.15) is 0 Å². The number of amides is 1. The van der Waals surface area contributed by atoms with Crippen LogP contribution < -0.4 is 5.32 Å². The number of H-pyrrole nitrogens is 1. The number of carbonyl (C=O) groups is 1. The van der Waals surface area contributed by atoms with Crippen molar-refractivity contribution in [3.8, 4) is 0 Å². The standard InChI is InChI=1S/C15H13BrN2O3/c16-10-3-1-4-11-14(10)9(7-17-11)15(20)18-8-12(19)13-5-2-6-21-13/h1-7,12,17,19H,8H2,(H,18,20). The van der Waals surface area contributed by atoms with Gasteiger partial charge in [-0.1, -0.05) is 22.0 Å². The number of rotatable bonds is 4. The largest absolute Gasteiger partial charge is 0.467 e. The van der Waals surface area contributed by atoms with Crippen molar-refractivity contribution in [2.24, 2.45) is 0 Å². The third-order valence-electron chi connectivity index (χ3n) is 3.23. The molecule has 0 spiro atoms. The minimum absolute atomic E-state index is 0.0868. The number of hydrogen-bond acceptors (Lipinski definition) is 3. The van der Waals surface area contributed by atoms with Gasteiger partial charge in [0.15, 0.2) is 0 Å². The molecule has 1 atom stereocenters. The highest BCUT2D eigenvalue weighted by molar-refractivity contribution is 9.10. The summed E-state index contributed by atoms with van der Waals surface area (Å²) in [4.78, 5) is 15.3. The van der Waals surface area contributed by atoms with Gasteiger partial charge in [0.05, 0.1) is 18.4 Å². The second-order valence-electron chi connectivity index (χ2n) is 4.61. The summed E-state index contributed by atoms with van der Waals surface area (Å²) in [5.74, 6) is 0.175. The van der Waals surface area contributed by atoms with Gasteiger partial charge in [-0.3, -0.25) is 4.79 Å². The number of fused-ring (bicyclic) bond motifs is 1. The Morgan fingerprint density at radius 3 is 3.00 bits per heavy atom. The van der Waals surface area contributed by atoms with Gasteiger partial charge in [0, 0.05) is 21.6 Å². The zero-order valence-corrected chi connectivity index (χ0v) is 12.6. The molecule has 0 fully saturated rings. The summed E-state index contributed by atoms with van der Waals surface area (Å²) < 4.78 is 5.94. The summed E-state index contributed by atoms with van der Waals surface area (Å²) in [6.45, 7) is 0.0868. The fourth-order valence-electron chi connectivity index (χ4n) is 2.19. The molecule has 0 saturated carbocycles. The van der Waals surface area contributed by atoms with Crippen molar-refractivity contribution in [3.63, 3.8) is 0 Å². The van der Waals surface area contributed by atoms with Crippen LogP contribution in [-0.2, 0) is 0 Å². The van der Waals surface area contributed by atoms with Gasteiger partial charge in [-0.05, 0) is 24.3 Å². The summed E-state index contributed by atoms with van der Waals surface area (Å²) in [6.07, 6.45) is 2.28. The summed E-state index contributed by atoms with van der Waals surface area (Å²) in [7, 11) is 0. The number of halogens is 1. The molecule has 1 amide bonds. The van der Waals surface area contributed by atoms with Crippen molar-refractivity contribution in [2.45, 2.75) is 6.10 Å². The van der Waals surface area contributed by atoms with Crippen LogP contribution in [0.1, 0.15) is 22.2 Å². The van der Waals surface area contributed by atoms with Crippen molar-refractivity contribution in [3.05, 3.63) is 58.6 Å². The number of aliphatic hydroxyl groups is 1. The number of furan rings is 1. The number of aromatic amines is 1. The van der Waals surface area contributed by atoms with E-state index in [0.29, 0.717) is 11.3 Å². The molecule has 3 N–H and O–H groups in total. The number of nitrogens with one attached hydrogen (secondary N) is 2. The molecular formula is C15H13BrN2O3. The van der Waals surface area contributed by atoms with E-state index in [2.05, 4.69) is 26.2 Å². The lowest BCUT2D eigenvalue weighted by Gasteiger charge is -2.09. The van der Waals surface area contributed by atoms with E-state index in [1.54, 1.807) is 18.3 Å². The molecule has 21 heavy (non-hydrogen) atoms. The molecule has 2 heterocycles. The number of carbonyl (C=O) groups excluding carboxylic acids is 1. The second kappa shape index (κ2) is 5.75. The molecule has 0 aliphatic carbocycles. The maximum absolute atomic E-state index is 12.3. The zero-order valence-electron chi connectivity index (χ0n) is 11.0. The average Bonchev–Trinajstić information content (AvgIpc) is 3.14. The molecule has 6 heteroatoms. The lowest BCUT2D eigenvalue weighted by molar-refractivity contribution is 0.0902. The minimum Gasteiger partial charge on any atom is -0.467 e. The molecule has 3 rings (SSSR count). The summed E-state index contributed by atoms with van der Waals surface area (Å²) >= 11 is 3.44. The average molecular weight is 349 g/mol. The van der Waals surface area contributed by atoms with Gasteiger partial charge in [-0.25, -0.2) is 0 Å². The number of aliphatic hydroxyl groups excluding tert-OH is 1. The lowest BCUT2D eigenvalue weighted by atomic mass is 10.1. The lowest BCUT2D eigenvalue weighted by Crippen LogP contribution is -2.28. The maximum atomic E-state index is 12.3. The van der Waals surface area contributed by atoms with E-state index in [0.717, 1.165) is 15.4 Å². The van der Waals surface area contributed by atoms with E-state index in [1.807, 2.05) is 18.2 Å². The van der Waals surface area contributed by atoms with E-state index >= 15 is 0 Å². The Bertz CT molecular complexity index is 764. The summed E-state index contributed by atoms with van der Waals surface area (Å²) in [6, 6.07) is 9.03. The molecule has 0 radical (unpaired) electrons. The van der Waals surface area contributed by atoms with E-state index in [1.165, 1.54) is 6.26 Å². The topological polar surface area (TPSA) is 78.3 Å². The molecular weight excluding hydrogens is 336 g/mol. The molecule has 1 unspecified atom stereocenters. The first-order valence-electron chi connectivity index (χ1n) is 6.42. The third-order valence-corrected chi connectivity index (χ3v) is 3.89. The molecule has 0 aliphatic heterocycles. The molecule has 0 saturated heterocycles. The van der Waals surface area contributed by atoms with Crippen molar-refractivity contribution >= 4 is 32.7 Å². The van der Waals surface area contributed by atoms with Crippen LogP contribution in [-0.4, -0.2) is 22.5 Å². The molecule has 108 valence electrons. The molecule has 1 aromatic carbocycles. The first-order valence-corrected chi connectivity index (χ1v) is 7.21. The Labute approximate surface area is 129 Å². The zero-order chi connectivity index (χ0) is 14.8. The Morgan fingerprint density at radius 2 is 2.24 bits per heavy atom. The van der Waals surface area contributed by atoms with Crippen LogP contribution in [0.15, 0.2) is 51.7 Å². The Morgan fingerprint density at radius 1 is 1.38 bits per heavy atom. The van der Waals surface area contributed by atoms with Gasteiger partial charge in [-0.15, -0.1) is 0 Å². The van der Waals surface area contributed by atoms with Crippen LogP contribution >= 0.6 is 15.9 Å². The highest BCUT2D eigenvalue weighted by Crippen LogP contribution is 2.26.